The zero-order valence-corrected chi connectivity index (χ0v) is 10.6. The van der Waals surface area contributed by atoms with Crippen molar-refractivity contribution in [2.45, 2.75) is 12.8 Å². The second kappa shape index (κ2) is 5.43. The van der Waals surface area contributed by atoms with Gasteiger partial charge in [-0.1, -0.05) is 29.3 Å². The maximum Gasteiger partial charge on any atom is 0.323 e. The molecule has 0 atom stereocenters. The number of carbonyl (C=O) groups excluding carboxylic acids is 1. The van der Waals surface area contributed by atoms with Crippen molar-refractivity contribution in [3.8, 4) is 0 Å². The Hall–Kier alpha value is -1.19. The van der Waals surface area contributed by atoms with Gasteiger partial charge in [-0.05, 0) is 37.0 Å². The molecule has 2 amide bonds. The quantitative estimate of drug-likeness (QED) is 0.855. The maximum absolute atomic E-state index is 11.5. The molecule has 5 heteroatoms. The molecule has 0 radical (unpaired) electrons. The molecule has 1 aliphatic rings. The molecule has 0 unspecified atom stereocenters. The van der Waals surface area contributed by atoms with E-state index in [0.29, 0.717) is 21.7 Å². The highest BCUT2D eigenvalue weighted by Crippen LogP contribution is 2.29. The summed E-state index contributed by atoms with van der Waals surface area (Å²) >= 11 is 11.6. The van der Waals surface area contributed by atoms with Crippen molar-refractivity contribution >= 4 is 34.9 Å². The lowest BCUT2D eigenvalue weighted by Crippen LogP contribution is -2.23. The predicted octanol–water partition coefficient (Wildman–Crippen LogP) is 4.04. The Kier molecular flexibility index (Phi) is 3.92. The molecule has 1 aromatic rings. The fourth-order valence-corrected chi connectivity index (χ4v) is 1.87. The number of hydrogen-bond donors (Lipinski definition) is 2. The van der Waals surface area contributed by atoms with Crippen molar-refractivity contribution in [3.05, 3.63) is 40.5 Å². The monoisotopic (exact) mass is 270 g/mol. The predicted molar refractivity (Wildman–Crippen MR) is 70.5 cm³/mol. The van der Waals surface area contributed by atoms with Gasteiger partial charge in [0.05, 0.1) is 0 Å². The van der Waals surface area contributed by atoms with Crippen LogP contribution >= 0.6 is 23.2 Å². The summed E-state index contributed by atoms with van der Waals surface area (Å²) in [7, 11) is 0. The SMILES string of the molecule is O=C(N/C=C/C1CC1)Nc1cc(Cl)cc(Cl)c1. The van der Waals surface area contributed by atoms with Gasteiger partial charge in [-0.2, -0.15) is 0 Å². The molecule has 0 heterocycles. The molecular formula is C12H12Cl2N2O. The summed E-state index contributed by atoms with van der Waals surface area (Å²) in [4.78, 5) is 11.5. The van der Waals surface area contributed by atoms with Gasteiger partial charge < -0.3 is 10.6 Å². The van der Waals surface area contributed by atoms with Crippen LogP contribution in [0.25, 0.3) is 0 Å². The molecule has 2 N–H and O–H groups in total. The van der Waals surface area contributed by atoms with Crippen LogP contribution in [0, 0.1) is 5.92 Å². The van der Waals surface area contributed by atoms with Crippen LogP contribution in [0.1, 0.15) is 12.8 Å². The van der Waals surface area contributed by atoms with Gasteiger partial charge in [0.25, 0.3) is 0 Å². The number of allylic oxidation sites excluding steroid dienone is 1. The van der Waals surface area contributed by atoms with Gasteiger partial charge in [0.15, 0.2) is 0 Å². The van der Waals surface area contributed by atoms with Crippen molar-refractivity contribution in [1.29, 1.82) is 0 Å². The molecule has 0 aliphatic heterocycles. The zero-order valence-electron chi connectivity index (χ0n) is 9.04. The Balaban J connectivity index is 1.88. The van der Waals surface area contributed by atoms with Crippen LogP contribution in [0.5, 0.6) is 0 Å². The minimum absolute atomic E-state index is 0.305. The average molecular weight is 271 g/mol. The topological polar surface area (TPSA) is 41.1 Å². The number of benzene rings is 1. The maximum atomic E-state index is 11.5. The highest BCUT2D eigenvalue weighted by atomic mass is 35.5. The second-order valence-electron chi connectivity index (χ2n) is 3.95. The van der Waals surface area contributed by atoms with Crippen LogP contribution in [0.3, 0.4) is 0 Å². The molecule has 0 spiro atoms. The van der Waals surface area contributed by atoms with Gasteiger partial charge in [0, 0.05) is 21.9 Å². The summed E-state index contributed by atoms with van der Waals surface area (Å²) in [6.07, 6.45) is 6.08. The lowest BCUT2D eigenvalue weighted by molar-refractivity contribution is 0.255. The van der Waals surface area contributed by atoms with Gasteiger partial charge in [-0.25, -0.2) is 4.79 Å². The van der Waals surface area contributed by atoms with Crippen molar-refractivity contribution in [2.24, 2.45) is 5.92 Å². The van der Waals surface area contributed by atoms with E-state index in [1.54, 1.807) is 24.4 Å². The smallest absolute Gasteiger partial charge is 0.315 e. The molecule has 1 fully saturated rings. The first kappa shape index (κ1) is 12.3. The first-order valence-electron chi connectivity index (χ1n) is 5.34. The number of urea groups is 1. The molecule has 1 saturated carbocycles. The van der Waals surface area contributed by atoms with Crippen molar-refractivity contribution in [1.82, 2.24) is 5.32 Å². The number of amides is 2. The molecular weight excluding hydrogens is 259 g/mol. The first-order chi connectivity index (χ1) is 8.13. The van der Waals surface area contributed by atoms with Crippen LogP contribution in [-0.2, 0) is 0 Å². The van der Waals surface area contributed by atoms with E-state index in [0.717, 1.165) is 0 Å². The highest BCUT2D eigenvalue weighted by Gasteiger charge is 2.17. The van der Waals surface area contributed by atoms with Crippen molar-refractivity contribution in [3.63, 3.8) is 0 Å². The van der Waals surface area contributed by atoms with Crippen LogP contribution in [0.15, 0.2) is 30.5 Å². The fraction of sp³-hybridized carbons (Fsp3) is 0.250. The van der Waals surface area contributed by atoms with Gasteiger partial charge in [-0.3, -0.25) is 0 Å². The third-order valence-corrected chi connectivity index (χ3v) is 2.76. The van der Waals surface area contributed by atoms with E-state index in [1.807, 2.05) is 6.08 Å². The van der Waals surface area contributed by atoms with E-state index < -0.39 is 0 Å². The third kappa shape index (κ3) is 4.29. The van der Waals surface area contributed by atoms with E-state index in [9.17, 15) is 4.79 Å². The Morgan fingerprint density at radius 3 is 2.47 bits per heavy atom. The number of hydrogen-bond acceptors (Lipinski definition) is 1. The molecule has 17 heavy (non-hydrogen) atoms. The number of halogens is 2. The molecule has 90 valence electrons. The number of nitrogens with one attached hydrogen (secondary N) is 2. The summed E-state index contributed by atoms with van der Waals surface area (Å²) in [6.45, 7) is 0. The summed E-state index contributed by atoms with van der Waals surface area (Å²) in [5, 5.41) is 6.25. The van der Waals surface area contributed by atoms with E-state index in [2.05, 4.69) is 10.6 Å². The fourth-order valence-electron chi connectivity index (χ4n) is 1.34. The molecule has 0 saturated heterocycles. The van der Waals surface area contributed by atoms with E-state index in [1.165, 1.54) is 12.8 Å². The molecule has 2 rings (SSSR count). The van der Waals surface area contributed by atoms with E-state index >= 15 is 0 Å². The van der Waals surface area contributed by atoms with Crippen molar-refractivity contribution in [2.75, 3.05) is 5.32 Å². The molecule has 0 aromatic heterocycles. The number of carbonyl (C=O) groups is 1. The number of rotatable bonds is 3. The van der Waals surface area contributed by atoms with Gasteiger partial charge in [0.1, 0.15) is 0 Å². The normalized spacial score (nSPS) is 14.9. The van der Waals surface area contributed by atoms with Gasteiger partial charge in [-0.15, -0.1) is 0 Å². The molecule has 3 nitrogen and oxygen atoms in total. The molecule has 0 bridgehead atoms. The summed E-state index contributed by atoms with van der Waals surface area (Å²) in [5.74, 6) is 0.635. The Bertz CT molecular complexity index is 436. The lowest BCUT2D eigenvalue weighted by atomic mass is 10.3. The summed E-state index contributed by atoms with van der Waals surface area (Å²) < 4.78 is 0. The van der Waals surface area contributed by atoms with E-state index in [-0.39, 0.29) is 6.03 Å². The average Bonchev–Trinajstić information content (AvgIpc) is 2.99. The van der Waals surface area contributed by atoms with Crippen LogP contribution in [0.4, 0.5) is 10.5 Å². The third-order valence-electron chi connectivity index (χ3n) is 2.33. The van der Waals surface area contributed by atoms with Crippen molar-refractivity contribution < 1.29 is 4.79 Å². The summed E-state index contributed by atoms with van der Waals surface area (Å²) in [6, 6.07) is 4.58. The second-order valence-corrected chi connectivity index (χ2v) is 4.83. The van der Waals surface area contributed by atoms with Crippen LogP contribution in [0.2, 0.25) is 10.0 Å². The Labute approximate surface area is 110 Å². The van der Waals surface area contributed by atoms with E-state index in [4.69, 9.17) is 23.2 Å². The minimum Gasteiger partial charge on any atom is -0.315 e. The first-order valence-corrected chi connectivity index (χ1v) is 6.09. The zero-order chi connectivity index (χ0) is 12.3. The lowest BCUT2D eigenvalue weighted by Gasteiger charge is -2.05. The van der Waals surface area contributed by atoms with Crippen LogP contribution < -0.4 is 10.6 Å². The Morgan fingerprint density at radius 1 is 1.24 bits per heavy atom. The van der Waals surface area contributed by atoms with Gasteiger partial charge in [0.2, 0.25) is 0 Å². The number of anilines is 1. The standard InChI is InChI=1S/C12H12Cl2N2O/c13-9-5-10(14)7-11(6-9)16-12(17)15-4-3-8-1-2-8/h3-8H,1-2H2,(H2,15,16,17)/b4-3+. The Morgan fingerprint density at radius 2 is 1.88 bits per heavy atom. The van der Waals surface area contributed by atoms with Crippen LogP contribution in [-0.4, -0.2) is 6.03 Å². The minimum atomic E-state index is -0.305. The molecule has 1 aliphatic carbocycles. The largest absolute Gasteiger partial charge is 0.323 e. The highest BCUT2D eigenvalue weighted by molar-refractivity contribution is 6.35. The summed E-state index contributed by atoms with van der Waals surface area (Å²) in [5.41, 5.74) is 0.569. The van der Waals surface area contributed by atoms with Gasteiger partial charge >= 0.3 is 6.03 Å². The molecule has 1 aromatic carbocycles.